The van der Waals surface area contributed by atoms with E-state index in [0.717, 1.165) is 33.1 Å². The third-order valence-electron chi connectivity index (χ3n) is 7.86. The summed E-state index contributed by atoms with van der Waals surface area (Å²) in [6.45, 7) is 8.55. The van der Waals surface area contributed by atoms with E-state index >= 15 is 0 Å². The molecule has 2 N–H and O–H groups in total. The highest BCUT2D eigenvalue weighted by atomic mass is 79.9. The molecule has 4 aromatic heterocycles. The van der Waals surface area contributed by atoms with Gasteiger partial charge in [-0.2, -0.15) is 0 Å². The minimum Gasteiger partial charge on any atom is -0.443 e. The first-order valence-electron chi connectivity index (χ1n) is 13.8. The number of hydrogen-bond acceptors (Lipinski definition) is 7. The van der Waals surface area contributed by atoms with Crippen molar-refractivity contribution in [1.82, 2.24) is 19.1 Å². The van der Waals surface area contributed by atoms with Gasteiger partial charge in [0, 0.05) is 40.0 Å². The van der Waals surface area contributed by atoms with Crippen LogP contribution in [0.5, 0.6) is 0 Å². The molecule has 9 nitrogen and oxygen atoms in total. The van der Waals surface area contributed by atoms with E-state index in [1.165, 1.54) is 12.8 Å². The van der Waals surface area contributed by atoms with Gasteiger partial charge in [0.25, 0.3) is 11.1 Å². The SMILES string of the molecule is CCn1c(=O)c2ncoc2c2ccc(-c3cc(F)c(N)cc3F)c(C)c21.CCn1c(=O)c2ncoc2c2ccc(Br)c(C)c21. The number of hydrogen-bond donors (Lipinski definition) is 1. The van der Waals surface area contributed by atoms with Crippen molar-refractivity contribution in [3.8, 4) is 11.1 Å². The number of rotatable bonds is 3. The molecule has 0 amide bonds. The second-order valence-corrected chi connectivity index (χ2v) is 11.1. The molecule has 7 rings (SSSR count). The minimum atomic E-state index is -0.695. The summed E-state index contributed by atoms with van der Waals surface area (Å²) in [6.07, 6.45) is 2.55. The van der Waals surface area contributed by atoms with Crippen LogP contribution in [-0.4, -0.2) is 19.1 Å². The first-order valence-corrected chi connectivity index (χ1v) is 14.6. The summed E-state index contributed by atoms with van der Waals surface area (Å²) in [5.74, 6) is -1.32. The number of halogens is 3. The highest BCUT2D eigenvalue weighted by molar-refractivity contribution is 9.10. The Kier molecular flexibility index (Phi) is 7.32. The molecule has 0 aliphatic heterocycles. The molecule has 4 heterocycles. The summed E-state index contributed by atoms with van der Waals surface area (Å²) in [6, 6.07) is 9.35. The number of aryl methyl sites for hydroxylation is 4. The summed E-state index contributed by atoms with van der Waals surface area (Å²) < 4.78 is 43.4. The fraction of sp³-hybridized carbons (Fsp3) is 0.188. The van der Waals surface area contributed by atoms with Crippen molar-refractivity contribution in [1.29, 1.82) is 0 Å². The Balaban J connectivity index is 0.000000167. The first-order chi connectivity index (χ1) is 21.1. The molecule has 0 aliphatic carbocycles. The fourth-order valence-corrected chi connectivity index (χ4v) is 6.06. The van der Waals surface area contributed by atoms with Crippen molar-refractivity contribution in [3.63, 3.8) is 0 Å². The molecular weight excluding hydrogens is 636 g/mol. The Bertz CT molecular complexity index is 2390. The predicted molar refractivity (Wildman–Crippen MR) is 170 cm³/mol. The van der Waals surface area contributed by atoms with Gasteiger partial charge in [-0.05, 0) is 68.7 Å². The maximum absolute atomic E-state index is 14.4. The van der Waals surface area contributed by atoms with Gasteiger partial charge in [0.15, 0.2) is 35.0 Å². The number of oxazole rings is 2. The topological polar surface area (TPSA) is 122 Å². The zero-order valence-corrected chi connectivity index (χ0v) is 25.8. The van der Waals surface area contributed by atoms with Crippen LogP contribution in [0.4, 0.5) is 14.5 Å². The van der Waals surface area contributed by atoms with Crippen molar-refractivity contribution in [2.75, 3.05) is 5.73 Å². The zero-order chi connectivity index (χ0) is 31.4. The van der Waals surface area contributed by atoms with Gasteiger partial charge in [0.2, 0.25) is 0 Å². The summed E-state index contributed by atoms with van der Waals surface area (Å²) in [5, 5.41) is 1.61. The average molecular weight is 662 g/mol. The Morgan fingerprint density at radius 1 is 0.773 bits per heavy atom. The number of aromatic nitrogens is 4. The molecule has 3 aromatic carbocycles. The summed E-state index contributed by atoms with van der Waals surface area (Å²) in [4.78, 5) is 33.0. The van der Waals surface area contributed by atoms with E-state index in [0.29, 0.717) is 51.8 Å². The lowest BCUT2D eigenvalue weighted by molar-refractivity contribution is 0.604. The molecule has 0 fully saturated rings. The standard InChI is InChI=1S/C19H15F2N3O2.C13H11BrN2O2/c1-3-24-17-9(2)10(12-6-14(21)15(22)7-13(12)20)4-5-11(17)18-16(19(24)25)23-8-26-18;1-3-16-11-7(2)9(14)5-4-8(11)12-10(13(16)17)15-6-18-12/h4-8H,3,22H2,1-2H3;4-6H,3H2,1-2H3. The Hall–Kier alpha value is -4.84. The largest absolute Gasteiger partial charge is 0.443 e. The van der Waals surface area contributed by atoms with Gasteiger partial charge in [0.1, 0.15) is 11.6 Å². The molecule has 0 saturated heterocycles. The van der Waals surface area contributed by atoms with Gasteiger partial charge in [0.05, 0.1) is 16.7 Å². The molecule has 0 spiro atoms. The van der Waals surface area contributed by atoms with Crippen LogP contribution in [0.2, 0.25) is 0 Å². The molecule has 0 unspecified atom stereocenters. The lowest BCUT2D eigenvalue weighted by atomic mass is 9.96. The molecule has 44 heavy (non-hydrogen) atoms. The maximum atomic E-state index is 14.4. The lowest BCUT2D eigenvalue weighted by Crippen LogP contribution is -2.20. The van der Waals surface area contributed by atoms with Crippen molar-refractivity contribution >= 4 is 65.6 Å². The number of nitrogens with two attached hydrogens (primary N) is 1. The molecule has 12 heteroatoms. The Morgan fingerprint density at radius 2 is 1.30 bits per heavy atom. The van der Waals surface area contributed by atoms with Gasteiger partial charge in [-0.3, -0.25) is 9.59 Å². The summed E-state index contributed by atoms with van der Waals surface area (Å²) in [7, 11) is 0. The number of nitrogen functional groups attached to an aromatic ring is 1. The van der Waals surface area contributed by atoms with Crippen LogP contribution in [0.1, 0.15) is 25.0 Å². The van der Waals surface area contributed by atoms with Crippen LogP contribution >= 0.6 is 15.9 Å². The summed E-state index contributed by atoms with van der Waals surface area (Å²) >= 11 is 3.50. The van der Waals surface area contributed by atoms with Crippen LogP contribution in [0.25, 0.3) is 55.1 Å². The molecule has 0 bridgehead atoms. The van der Waals surface area contributed by atoms with E-state index in [1.54, 1.807) is 28.2 Å². The first kappa shape index (κ1) is 29.2. The number of fused-ring (bicyclic) bond motifs is 6. The van der Waals surface area contributed by atoms with Crippen LogP contribution < -0.4 is 16.9 Å². The van der Waals surface area contributed by atoms with E-state index in [9.17, 15) is 18.4 Å². The van der Waals surface area contributed by atoms with Gasteiger partial charge >= 0.3 is 0 Å². The van der Waals surface area contributed by atoms with Gasteiger partial charge in [-0.25, -0.2) is 18.7 Å². The van der Waals surface area contributed by atoms with Gasteiger partial charge in [-0.1, -0.05) is 22.0 Å². The quantitative estimate of drug-likeness (QED) is 0.198. The smallest absolute Gasteiger partial charge is 0.280 e. The fourth-order valence-electron chi connectivity index (χ4n) is 5.74. The monoisotopic (exact) mass is 661 g/mol. The molecule has 0 saturated carbocycles. The zero-order valence-electron chi connectivity index (χ0n) is 24.2. The highest BCUT2D eigenvalue weighted by Crippen LogP contribution is 2.35. The summed E-state index contributed by atoms with van der Waals surface area (Å²) in [5.41, 5.74) is 10.1. The minimum absolute atomic E-state index is 0.0869. The van der Waals surface area contributed by atoms with E-state index in [2.05, 4.69) is 25.9 Å². The molecule has 7 aromatic rings. The van der Waals surface area contributed by atoms with Gasteiger partial charge in [-0.15, -0.1) is 0 Å². The second kappa shape index (κ2) is 11.0. The number of nitrogens with zero attached hydrogens (tertiary/aromatic N) is 4. The number of benzene rings is 3. The average Bonchev–Trinajstić information content (AvgIpc) is 3.70. The van der Waals surface area contributed by atoms with Crippen LogP contribution in [0, 0.1) is 25.5 Å². The maximum Gasteiger partial charge on any atom is 0.280 e. The van der Waals surface area contributed by atoms with Crippen LogP contribution in [-0.2, 0) is 13.1 Å². The third kappa shape index (κ3) is 4.39. The molecule has 0 radical (unpaired) electrons. The Labute approximate surface area is 256 Å². The lowest BCUT2D eigenvalue weighted by Gasteiger charge is -2.15. The van der Waals surface area contributed by atoms with E-state index in [-0.39, 0.29) is 27.9 Å². The van der Waals surface area contributed by atoms with Crippen molar-refractivity contribution in [3.05, 3.63) is 97.1 Å². The normalized spacial score (nSPS) is 11.5. The van der Waals surface area contributed by atoms with Crippen molar-refractivity contribution < 1.29 is 17.6 Å². The number of pyridine rings is 2. The third-order valence-corrected chi connectivity index (χ3v) is 8.72. The van der Waals surface area contributed by atoms with Gasteiger partial charge < -0.3 is 23.7 Å². The van der Waals surface area contributed by atoms with E-state index in [4.69, 9.17) is 14.6 Å². The van der Waals surface area contributed by atoms with Crippen molar-refractivity contribution in [2.24, 2.45) is 0 Å². The number of anilines is 1. The predicted octanol–water partition coefficient (Wildman–Crippen LogP) is 7.23. The van der Waals surface area contributed by atoms with E-state index < -0.39 is 11.6 Å². The van der Waals surface area contributed by atoms with Crippen LogP contribution in [0.15, 0.2) is 72.1 Å². The molecule has 0 aliphatic rings. The molecule has 0 atom stereocenters. The highest BCUT2D eigenvalue weighted by Gasteiger charge is 2.20. The Morgan fingerprint density at radius 3 is 1.84 bits per heavy atom. The molecule has 224 valence electrons. The molecular formula is C32H26BrF2N5O4. The van der Waals surface area contributed by atoms with Crippen molar-refractivity contribution in [2.45, 2.75) is 40.8 Å². The second-order valence-electron chi connectivity index (χ2n) is 10.2. The van der Waals surface area contributed by atoms with Crippen LogP contribution in [0.3, 0.4) is 0 Å². The van der Waals surface area contributed by atoms with E-state index in [1.807, 2.05) is 32.9 Å².